The van der Waals surface area contributed by atoms with Gasteiger partial charge in [0.2, 0.25) is 0 Å². The van der Waals surface area contributed by atoms with E-state index in [1.54, 1.807) is 0 Å². The molecule has 0 aromatic heterocycles. The highest BCUT2D eigenvalue weighted by Gasteiger charge is 2.26. The normalized spacial score (nSPS) is 19.6. The molecule has 0 amide bonds. The summed E-state index contributed by atoms with van der Waals surface area (Å²) in [4.78, 5) is 0. The zero-order valence-electron chi connectivity index (χ0n) is 8.89. The number of benzene rings is 1. The fraction of sp³-hybridized carbons (Fsp3) is 0.500. The summed E-state index contributed by atoms with van der Waals surface area (Å²) in [6.07, 6.45) is 0. The Morgan fingerprint density at radius 1 is 1.43 bits per heavy atom. The second-order valence-electron chi connectivity index (χ2n) is 4.37. The fourth-order valence-corrected chi connectivity index (χ4v) is 2.33. The van der Waals surface area contributed by atoms with Gasteiger partial charge in [0.1, 0.15) is 0 Å². The van der Waals surface area contributed by atoms with Crippen molar-refractivity contribution < 1.29 is 0 Å². The molecule has 1 aliphatic rings. The molecule has 1 aromatic carbocycles. The first-order chi connectivity index (χ1) is 6.61. The first kappa shape index (κ1) is 9.85. The van der Waals surface area contributed by atoms with Gasteiger partial charge in [0.15, 0.2) is 0 Å². The Kier molecular flexibility index (Phi) is 2.44. The maximum Gasteiger partial charge on any atom is 0.0455 e. The second-order valence-corrected chi connectivity index (χ2v) is 4.78. The van der Waals surface area contributed by atoms with E-state index in [0.717, 1.165) is 11.6 Å². The minimum absolute atomic E-state index is 0.640. The van der Waals surface area contributed by atoms with Crippen LogP contribution in [0, 0.1) is 12.8 Å². The van der Waals surface area contributed by atoms with E-state index in [-0.39, 0.29) is 0 Å². The van der Waals surface area contributed by atoms with Gasteiger partial charge in [-0.2, -0.15) is 0 Å². The maximum atomic E-state index is 6.08. The molecule has 14 heavy (non-hydrogen) atoms. The van der Waals surface area contributed by atoms with Gasteiger partial charge in [0.25, 0.3) is 0 Å². The largest absolute Gasteiger partial charge is 0.384 e. The Balaban J connectivity index is 2.48. The number of anilines is 1. The molecule has 0 fully saturated rings. The standard InChI is InChI=1S/C12H16ClN/c1-7(2)10-6-14-12-8(3)11(13)5-4-9(10)12/h4-5,7,10,14H,6H2,1-3H3. The van der Waals surface area contributed by atoms with Crippen LogP contribution in [0.1, 0.15) is 30.9 Å². The van der Waals surface area contributed by atoms with E-state index < -0.39 is 0 Å². The number of fused-ring (bicyclic) bond motifs is 1. The summed E-state index contributed by atoms with van der Waals surface area (Å²) in [5, 5.41) is 4.32. The average Bonchev–Trinajstić information content (AvgIpc) is 2.55. The first-order valence-electron chi connectivity index (χ1n) is 5.14. The molecule has 0 saturated carbocycles. The van der Waals surface area contributed by atoms with Crippen LogP contribution in [-0.2, 0) is 0 Å². The summed E-state index contributed by atoms with van der Waals surface area (Å²) >= 11 is 6.08. The molecule has 2 rings (SSSR count). The lowest BCUT2D eigenvalue weighted by molar-refractivity contribution is 0.533. The summed E-state index contributed by atoms with van der Waals surface area (Å²) in [5.74, 6) is 1.32. The van der Waals surface area contributed by atoms with Gasteiger partial charge in [-0.1, -0.05) is 31.5 Å². The van der Waals surface area contributed by atoms with Gasteiger partial charge in [-0.15, -0.1) is 0 Å². The van der Waals surface area contributed by atoms with Crippen LogP contribution in [0.4, 0.5) is 5.69 Å². The van der Waals surface area contributed by atoms with Crippen LogP contribution in [0.15, 0.2) is 12.1 Å². The molecule has 0 spiro atoms. The molecule has 1 aliphatic heterocycles. The first-order valence-corrected chi connectivity index (χ1v) is 5.52. The zero-order chi connectivity index (χ0) is 10.3. The topological polar surface area (TPSA) is 12.0 Å². The smallest absolute Gasteiger partial charge is 0.0455 e. The molecule has 1 aromatic rings. The molecule has 0 radical (unpaired) electrons. The highest BCUT2D eigenvalue weighted by atomic mass is 35.5. The van der Waals surface area contributed by atoms with Crippen LogP contribution in [0.5, 0.6) is 0 Å². The fourth-order valence-electron chi connectivity index (χ4n) is 2.17. The number of halogens is 1. The Labute approximate surface area is 90.5 Å². The highest BCUT2D eigenvalue weighted by molar-refractivity contribution is 6.31. The van der Waals surface area contributed by atoms with E-state index in [4.69, 9.17) is 11.6 Å². The molecule has 1 atom stereocenters. The molecule has 0 aliphatic carbocycles. The Morgan fingerprint density at radius 3 is 2.79 bits per heavy atom. The van der Waals surface area contributed by atoms with Crippen LogP contribution in [0.3, 0.4) is 0 Å². The van der Waals surface area contributed by atoms with Crippen LogP contribution < -0.4 is 5.32 Å². The quantitative estimate of drug-likeness (QED) is 0.742. The van der Waals surface area contributed by atoms with Crippen LogP contribution in [0.2, 0.25) is 5.02 Å². The zero-order valence-corrected chi connectivity index (χ0v) is 9.65. The molecule has 1 unspecified atom stereocenters. The summed E-state index contributed by atoms with van der Waals surface area (Å²) < 4.78 is 0. The van der Waals surface area contributed by atoms with Gasteiger partial charge >= 0.3 is 0 Å². The third kappa shape index (κ3) is 1.40. The van der Waals surface area contributed by atoms with Crippen LogP contribution in [0.25, 0.3) is 0 Å². The molecular weight excluding hydrogens is 194 g/mol. The molecule has 76 valence electrons. The third-order valence-electron chi connectivity index (χ3n) is 3.13. The highest BCUT2D eigenvalue weighted by Crippen LogP contribution is 2.40. The SMILES string of the molecule is Cc1c(Cl)ccc2c1NCC2C(C)C. The van der Waals surface area contributed by atoms with Crippen LogP contribution in [-0.4, -0.2) is 6.54 Å². The summed E-state index contributed by atoms with van der Waals surface area (Å²) in [6, 6.07) is 4.17. The van der Waals surface area contributed by atoms with Crippen molar-refractivity contribution in [3.63, 3.8) is 0 Å². The monoisotopic (exact) mass is 209 g/mol. The molecule has 1 heterocycles. The van der Waals surface area contributed by atoms with E-state index in [9.17, 15) is 0 Å². The van der Waals surface area contributed by atoms with E-state index in [1.165, 1.54) is 16.8 Å². The van der Waals surface area contributed by atoms with Gasteiger partial charge in [0, 0.05) is 23.2 Å². The van der Waals surface area contributed by atoms with E-state index in [1.807, 2.05) is 6.07 Å². The lowest BCUT2D eigenvalue weighted by atomic mass is 9.90. The minimum atomic E-state index is 0.640. The van der Waals surface area contributed by atoms with E-state index in [0.29, 0.717) is 11.8 Å². The van der Waals surface area contributed by atoms with Crippen molar-refractivity contribution in [2.24, 2.45) is 5.92 Å². The van der Waals surface area contributed by atoms with Gasteiger partial charge < -0.3 is 5.32 Å². The molecule has 2 heteroatoms. The van der Waals surface area contributed by atoms with Gasteiger partial charge in [-0.3, -0.25) is 0 Å². The summed E-state index contributed by atoms with van der Waals surface area (Å²) in [5.41, 5.74) is 3.88. The average molecular weight is 210 g/mol. The van der Waals surface area contributed by atoms with Crippen molar-refractivity contribution >= 4 is 17.3 Å². The Bertz CT molecular complexity index is 358. The second kappa shape index (κ2) is 3.47. The van der Waals surface area contributed by atoms with Crippen molar-refractivity contribution in [3.05, 3.63) is 28.3 Å². The molecule has 0 saturated heterocycles. The Morgan fingerprint density at radius 2 is 2.14 bits per heavy atom. The minimum Gasteiger partial charge on any atom is -0.384 e. The molecular formula is C12H16ClN. The van der Waals surface area contributed by atoms with Crippen molar-refractivity contribution in [3.8, 4) is 0 Å². The van der Waals surface area contributed by atoms with Crippen molar-refractivity contribution in [2.75, 3.05) is 11.9 Å². The Hall–Kier alpha value is -0.690. The predicted octanol–water partition coefficient (Wildman–Crippen LogP) is 3.81. The van der Waals surface area contributed by atoms with Gasteiger partial charge in [0.05, 0.1) is 0 Å². The molecule has 1 N–H and O–H groups in total. The third-order valence-corrected chi connectivity index (χ3v) is 3.54. The maximum absolute atomic E-state index is 6.08. The van der Waals surface area contributed by atoms with E-state index in [2.05, 4.69) is 32.2 Å². The van der Waals surface area contributed by atoms with Crippen molar-refractivity contribution in [1.82, 2.24) is 0 Å². The van der Waals surface area contributed by atoms with Crippen LogP contribution >= 0.6 is 11.6 Å². The van der Waals surface area contributed by atoms with Crippen molar-refractivity contribution in [2.45, 2.75) is 26.7 Å². The number of rotatable bonds is 1. The number of hydrogen-bond acceptors (Lipinski definition) is 1. The lowest BCUT2D eigenvalue weighted by Gasteiger charge is -2.14. The number of nitrogens with one attached hydrogen (secondary N) is 1. The molecule has 1 nitrogen and oxygen atoms in total. The van der Waals surface area contributed by atoms with E-state index >= 15 is 0 Å². The summed E-state index contributed by atoms with van der Waals surface area (Å²) in [7, 11) is 0. The predicted molar refractivity (Wildman–Crippen MR) is 62.3 cm³/mol. The van der Waals surface area contributed by atoms with Crippen molar-refractivity contribution in [1.29, 1.82) is 0 Å². The molecule has 0 bridgehead atoms. The summed E-state index contributed by atoms with van der Waals surface area (Å²) in [6.45, 7) is 7.67. The van der Waals surface area contributed by atoms with Gasteiger partial charge in [-0.05, 0) is 30.0 Å². The van der Waals surface area contributed by atoms with Gasteiger partial charge in [-0.25, -0.2) is 0 Å². The lowest BCUT2D eigenvalue weighted by Crippen LogP contribution is -2.08. The number of hydrogen-bond donors (Lipinski definition) is 1.